The summed E-state index contributed by atoms with van der Waals surface area (Å²) in [5.41, 5.74) is 0.411. The van der Waals surface area contributed by atoms with Crippen molar-refractivity contribution >= 4 is 23.4 Å². The molecule has 39 heavy (non-hydrogen) atoms. The average molecular weight is 544 g/mol. The molecule has 0 radical (unpaired) electrons. The highest BCUT2D eigenvalue weighted by molar-refractivity contribution is 5.99. The van der Waals surface area contributed by atoms with Gasteiger partial charge in [-0.2, -0.15) is 0 Å². The maximum absolute atomic E-state index is 13.4. The Labute approximate surface area is 227 Å². The van der Waals surface area contributed by atoms with Crippen LogP contribution in [-0.2, 0) is 30.3 Å². The van der Waals surface area contributed by atoms with Crippen molar-refractivity contribution in [3.63, 3.8) is 0 Å². The lowest BCUT2D eigenvalue weighted by molar-refractivity contribution is -0.135. The molecule has 11 heteroatoms. The molecule has 0 unspecified atom stereocenters. The molecule has 1 saturated carbocycles. The van der Waals surface area contributed by atoms with E-state index in [9.17, 15) is 19.2 Å². The Morgan fingerprint density at radius 2 is 1.72 bits per heavy atom. The average Bonchev–Trinajstić information content (AvgIpc) is 3.50. The van der Waals surface area contributed by atoms with Crippen LogP contribution < -0.4 is 15.4 Å². The molecule has 2 amide bonds. The quantitative estimate of drug-likeness (QED) is 0.306. The van der Waals surface area contributed by atoms with Gasteiger partial charge in [-0.1, -0.05) is 42.4 Å². The number of ether oxygens (including phenoxy) is 3. The highest BCUT2D eigenvalue weighted by atomic mass is 16.6. The fourth-order valence-corrected chi connectivity index (χ4v) is 4.21. The van der Waals surface area contributed by atoms with Crippen molar-refractivity contribution in [1.29, 1.82) is 0 Å². The second-order valence-corrected chi connectivity index (χ2v) is 9.94. The molecule has 3 atom stereocenters. The van der Waals surface area contributed by atoms with Gasteiger partial charge in [0.15, 0.2) is 17.3 Å². The van der Waals surface area contributed by atoms with Gasteiger partial charge in [-0.3, -0.25) is 19.2 Å². The number of rotatable bonds is 17. The molecule has 1 aliphatic rings. The van der Waals surface area contributed by atoms with E-state index in [-0.39, 0.29) is 37.1 Å². The van der Waals surface area contributed by atoms with Crippen LogP contribution in [0.5, 0.6) is 5.95 Å². The van der Waals surface area contributed by atoms with Crippen LogP contribution in [0.4, 0.5) is 0 Å². The highest BCUT2D eigenvalue weighted by Gasteiger charge is 2.48. The standard InChI is InChI=1S/C28H37N3O8/c1-5-38-24-15-21(31-39-24)27(35)30-22(17-37-4)23(32)14-19(16-36-3)26(34)29-20(25(33)28(2)11-12-28)13-18-9-7-6-8-10-18/h6-10,15,19-20,22H,5,11-14,16-17H2,1-4H3,(H,29,34)(H,30,35)/t19-,20-,22-/m0/s1. The van der Waals surface area contributed by atoms with Gasteiger partial charge in [-0.15, -0.1) is 0 Å². The summed E-state index contributed by atoms with van der Waals surface area (Å²) in [6.07, 6.45) is 1.67. The van der Waals surface area contributed by atoms with Gasteiger partial charge in [-0.25, -0.2) is 0 Å². The van der Waals surface area contributed by atoms with Crippen molar-refractivity contribution in [2.45, 2.75) is 51.6 Å². The van der Waals surface area contributed by atoms with E-state index in [1.165, 1.54) is 20.3 Å². The molecule has 1 heterocycles. The fraction of sp³-hybridized carbons (Fsp3) is 0.536. The lowest BCUT2D eigenvalue weighted by Crippen LogP contribution is -2.50. The predicted octanol–water partition coefficient (Wildman–Crippen LogP) is 2.14. The molecule has 1 aliphatic carbocycles. The van der Waals surface area contributed by atoms with Gasteiger partial charge in [-0.05, 0) is 31.7 Å². The minimum atomic E-state index is -1.05. The second-order valence-electron chi connectivity index (χ2n) is 9.94. The molecule has 11 nitrogen and oxygen atoms in total. The van der Waals surface area contributed by atoms with Gasteiger partial charge < -0.3 is 29.4 Å². The van der Waals surface area contributed by atoms with Gasteiger partial charge in [0.05, 0.1) is 37.8 Å². The van der Waals surface area contributed by atoms with Crippen molar-refractivity contribution in [3.8, 4) is 5.95 Å². The zero-order valence-electron chi connectivity index (χ0n) is 22.9. The number of Topliss-reactive ketones (excluding diaryl/α,β-unsaturated/α-hetero) is 2. The SMILES string of the molecule is CCOc1cc(C(=O)N[C@@H](COC)C(=O)C[C@@H](COC)C(=O)N[C@@H](Cc2ccccc2)C(=O)C2(C)CC2)no1. The first-order valence-electron chi connectivity index (χ1n) is 13.0. The summed E-state index contributed by atoms with van der Waals surface area (Å²) in [7, 11) is 2.82. The highest BCUT2D eigenvalue weighted by Crippen LogP contribution is 2.46. The number of benzene rings is 1. The van der Waals surface area contributed by atoms with Crippen LogP contribution >= 0.6 is 0 Å². The van der Waals surface area contributed by atoms with E-state index in [4.69, 9.17) is 18.7 Å². The van der Waals surface area contributed by atoms with Crippen LogP contribution in [0.15, 0.2) is 40.9 Å². The number of nitrogens with one attached hydrogen (secondary N) is 2. The normalized spacial score (nSPS) is 16.0. The molecular weight excluding hydrogens is 506 g/mol. The maximum atomic E-state index is 13.4. The minimum Gasteiger partial charge on any atom is -0.464 e. The molecule has 0 saturated heterocycles. The first kappa shape index (κ1) is 30.0. The Bertz CT molecular complexity index is 1130. The minimum absolute atomic E-state index is 0.0225. The lowest BCUT2D eigenvalue weighted by atomic mass is 9.91. The molecule has 212 valence electrons. The largest absolute Gasteiger partial charge is 0.464 e. The Balaban J connectivity index is 1.69. The Morgan fingerprint density at radius 3 is 2.33 bits per heavy atom. The third kappa shape index (κ3) is 8.46. The van der Waals surface area contributed by atoms with E-state index in [1.807, 2.05) is 37.3 Å². The lowest BCUT2D eigenvalue weighted by Gasteiger charge is -2.25. The maximum Gasteiger partial charge on any atom is 0.311 e. The van der Waals surface area contributed by atoms with Crippen LogP contribution in [0, 0.1) is 11.3 Å². The molecule has 2 N–H and O–H groups in total. The van der Waals surface area contributed by atoms with E-state index in [2.05, 4.69) is 15.8 Å². The molecule has 3 rings (SSSR count). The van der Waals surface area contributed by atoms with Crippen molar-refractivity contribution in [2.24, 2.45) is 11.3 Å². The molecule has 1 aromatic carbocycles. The van der Waals surface area contributed by atoms with E-state index < -0.39 is 41.0 Å². The topological polar surface area (TPSA) is 146 Å². The zero-order chi connectivity index (χ0) is 28.4. The molecule has 2 aromatic rings. The summed E-state index contributed by atoms with van der Waals surface area (Å²) in [6, 6.07) is 8.99. The first-order valence-corrected chi connectivity index (χ1v) is 13.0. The van der Waals surface area contributed by atoms with E-state index in [0.29, 0.717) is 13.0 Å². The summed E-state index contributed by atoms with van der Waals surface area (Å²) in [5, 5.41) is 9.11. The molecule has 1 aromatic heterocycles. The number of ketones is 2. The fourth-order valence-electron chi connectivity index (χ4n) is 4.21. The number of hydrogen-bond donors (Lipinski definition) is 2. The number of methoxy groups -OCH3 is 2. The van der Waals surface area contributed by atoms with Gasteiger partial charge in [0, 0.05) is 26.1 Å². The van der Waals surface area contributed by atoms with Gasteiger partial charge >= 0.3 is 5.95 Å². The van der Waals surface area contributed by atoms with E-state index in [0.717, 1.165) is 18.4 Å². The van der Waals surface area contributed by atoms with E-state index >= 15 is 0 Å². The monoisotopic (exact) mass is 543 g/mol. The molecule has 0 aliphatic heterocycles. The number of amides is 2. The van der Waals surface area contributed by atoms with Crippen LogP contribution in [0.25, 0.3) is 0 Å². The van der Waals surface area contributed by atoms with Crippen molar-refractivity contribution in [3.05, 3.63) is 47.7 Å². The van der Waals surface area contributed by atoms with Crippen LogP contribution in [0.2, 0.25) is 0 Å². The van der Waals surface area contributed by atoms with E-state index in [1.54, 1.807) is 6.92 Å². The van der Waals surface area contributed by atoms with Gasteiger partial charge in [0.2, 0.25) is 5.91 Å². The number of carbonyl (C=O) groups is 4. The third-order valence-electron chi connectivity index (χ3n) is 6.73. The molecular formula is C28H37N3O8. The smallest absolute Gasteiger partial charge is 0.311 e. The third-order valence-corrected chi connectivity index (χ3v) is 6.73. The van der Waals surface area contributed by atoms with Crippen LogP contribution in [0.1, 0.15) is 49.2 Å². The number of aromatic nitrogens is 1. The Hall–Kier alpha value is -3.57. The van der Waals surface area contributed by atoms with Crippen LogP contribution in [0.3, 0.4) is 0 Å². The van der Waals surface area contributed by atoms with Gasteiger partial charge in [0.25, 0.3) is 5.91 Å². The summed E-state index contributed by atoms with van der Waals surface area (Å²) < 4.78 is 20.5. The van der Waals surface area contributed by atoms with Gasteiger partial charge in [0.1, 0.15) is 6.04 Å². The molecule has 1 fully saturated rings. The summed E-state index contributed by atoms with van der Waals surface area (Å²) in [4.78, 5) is 52.5. The molecule has 0 bridgehead atoms. The first-order chi connectivity index (χ1) is 18.7. The summed E-state index contributed by atoms with van der Waals surface area (Å²) in [5.74, 6) is -2.38. The van der Waals surface area contributed by atoms with Crippen molar-refractivity contribution in [1.82, 2.24) is 15.8 Å². The van der Waals surface area contributed by atoms with Crippen LogP contribution in [-0.4, -0.2) is 74.7 Å². The Morgan fingerprint density at radius 1 is 1.03 bits per heavy atom. The summed E-state index contributed by atoms with van der Waals surface area (Å²) in [6.45, 7) is 3.83. The molecule has 0 spiro atoms. The number of hydrogen-bond acceptors (Lipinski definition) is 9. The van der Waals surface area contributed by atoms with Crippen molar-refractivity contribution in [2.75, 3.05) is 34.0 Å². The number of carbonyl (C=O) groups excluding carboxylic acids is 4. The summed E-state index contributed by atoms with van der Waals surface area (Å²) >= 11 is 0. The predicted molar refractivity (Wildman–Crippen MR) is 140 cm³/mol. The number of nitrogens with zero attached hydrogens (tertiary/aromatic N) is 1. The zero-order valence-corrected chi connectivity index (χ0v) is 22.9. The Kier molecular flexibility index (Phi) is 10.8. The second kappa shape index (κ2) is 14.0. The van der Waals surface area contributed by atoms with Crippen molar-refractivity contribution < 1.29 is 37.9 Å².